The van der Waals surface area contributed by atoms with E-state index >= 15 is 0 Å². The van der Waals surface area contributed by atoms with Gasteiger partial charge in [0.25, 0.3) is 0 Å². The van der Waals surface area contributed by atoms with Crippen LogP contribution in [0.2, 0.25) is 0 Å². The molecular formula is C10H21O. The average molecular weight is 157 g/mol. The molecule has 0 aliphatic heterocycles. The third kappa shape index (κ3) is 7.86. The Morgan fingerprint density at radius 2 is 1.91 bits per heavy atom. The van der Waals surface area contributed by atoms with Crippen molar-refractivity contribution in [1.82, 2.24) is 0 Å². The smallest absolute Gasteiger partial charge is 0.0468 e. The Hall–Kier alpha value is -0.0400. The highest BCUT2D eigenvalue weighted by molar-refractivity contribution is 4.55. The Morgan fingerprint density at radius 1 is 1.27 bits per heavy atom. The molecule has 0 aromatic carbocycles. The maximum Gasteiger partial charge on any atom is 0.0468 e. The summed E-state index contributed by atoms with van der Waals surface area (Å²) >= 11 is 0. The Labute approximate surface area is 71.1 Å². The molecular weight excluding hydrogens is 136 g/mol. The van der Waals surface area contributed by atoms with Gasteiger partial charge in [0.1, 0.15) is 0 Å². The van der Waals surface area contributed by atoms with Gasteiger partial charge in [0, 0.05) is 13.2 Å². The first-order valence-electron chi connectivity index (χ1n) is 4.53. The summed E-state index contributed by atoms with van der Waals surface area (Å²) in [6, 6.07) is 0. The van der Waals surface area contributed by atoms with E-state index in [4.69, 9.17) is 4.74 Å². The molecule has 0 saturated heterocycles. The Bertz CT molecular complexity index is 78.9. The van der Waals surface area contributed by atoms with E-state index in [9.17, 15) is 0 Å². The van der Waals surface area contributed by atoms with E-state index in [1.54, 1.807) is 0 Å². The topological polar surface area (TPSA) is 9.23 Å². The Balaban J connectivity index is 3.15. The van der Waals surface area contributed by atoms with Gasteiger partial charge in [0.2, 0.25) is 0 Å². The molecule has 67 valence electrons. The van der Waals surface area contributed by atoms with Gasteiger partial charge in [-0.25, -0.2) is 0 Å². The van der Waals surface area contributed by atoms with Crippen molar-refractivity contribution in [1.29, 1.82) is 0 Å². The molecule has 11 heavy (non-hydrogen) atoms. The monoisotopic (exact) mass is 157 g/mol. The molecule has 1 unspecified atom stereocenters. The van der Waals surface area contributed by atoms with E-state index in [2.05, 4.69) is 27.7 Å². The van der Waals surface area contributed by atoms with E-state index < -0.39 is 0 Å². The van der Waals surface area contributed by atoms with Gasteiger partial charge in [-0.3, -0.25) is 0 Å². The van der Waals surface area contributed by atoms with Crippen LogP contribution in [0.25, 0.3) is 0 Å². The summed E-state index contributed by atoms with van der Waals surface area (Å²) in [5, 5.41) is 0. The minimum atomic E-state index is 0.606. The van der Waals surface area contributed by atoms with Crippen LogP contribution in [-0.4, -0.2) is 13.2 Å². The fraction of sp³-hybridized carbons (Fsp3) is 0.900. The Kier molecular flexibility index (Phi) is 6.63. The van der Waals surface area contributed by atoms with Crippen LogP contribution < -0.4 is 0 Å². The third-order valence-corrected chi connectivity index (χ3v) is 1.77. The van der Waals surface area contributed by atoms with Crippen LogP contribution in [0.1, 0.15) is 33.6 Å². The van der Waals surface area contributed by atoms with Gasteiger partial charge in [0.15, 0.2) is 0 Å². The molecule has 1 radical (unpaired) electrons. The maximum atomic E-state index is 5.17. The summed E-state index contributed by atoms with van der Waals surface area (Å²) in [4.78, 5) is 0. The van der Waals surface area contributed by atoms with Crippen molar-refractivity contribution in [2.45, 2.75) is 33.6 Å². The van der Waals surface area contributed by atoms with Crippen LogP contribution >= 0.6 is 0 Å². The van der Waals surface area contributed by atoms with Gasteiger partial charge in [-0.2, -0.15) is 0 Å². The van der Waals surface area contributed by atoms with Crippen molar-refractivity contribution < 1.29 is 4.74 Å². The number of hydrogen-bond acceptors (Lipinski definition) is 1. The lowest BCUT2D eigenvalue weighted by molar-refractivity contribution is 0.143. The molecule has 0 rings (SSSR count). The standard InChI is InChI=1S/C10H21O/c1-5-11-7-6-10(4)8-9(2)3/h9-10H,1,5-8H2,2-4H3. The molecule has 0 aromatic rings. The highest BCUT2D eigenvalue weighted by atomic mass is 16.5. The second kappa shape index (κ2) is 6.66. The van der Waals surface area contributed by atoms with E-state index in [1.807, 2.05) is 0 Å². The summed E-state index contributed by atoms with van der Waals surface area (Å²) in [6.07, 6.45) is 2.48. The van der Waals surface area contributed by atoms with Crippen molar-refractivity contribution in [3.05, 3.63) is 6.92 Å². The molecule has 0 aliphatic carbocycles. The molecule has 0 amide bonds. The summed E-state index contributed by atoms with van der Waals surface area (Å²) in [5.41, 5.74) is 0. The van der Waals surface area contributed by atoms with Crippen LogP contribution in [0.15, 0.2) is 0 Å². The lowest BCUT2D eigenvalue weighted by atomic mass is 9.96. The molecule has 1 heteroatoms. The molecule has 1 nitrogen and oxygen atoms in total. The molecule has 0 N–H and O–H groups in total. The molecule has 0 bridgehead atoms. The third-order valence-electron chi connectivity index (χ3n) is 1.77. The van der Waals surface area contributed by atoms with Crippen LogP contribution in [0.5, 0.6) is 0 Å². The summed E-state index contributed by atoms with van der Waals surface area (Å²) in [7, 11) is 0. The molecule has 0 spiro atoms. The fourth-order valence-electron chi connectivity index (χ4n) is 1.31. The van der Waals surface area contributed by atoms with Gasteiger partial charge >= 0.3 is 0 Å². The summed E-state index contributed by atoms with van der Waals surface area (Å²) < 4.78 is 5.17. The van der Waals surface area contributed by atoms with Crippen LogP contribution in [0.4, 0.5) is 0 Å². The predicted molar refractivity (Wildman–Crippen MR) is 49.4 cm³/mol. The zero-order valence-corrected chi connectivity index (χ0v) is 8.10. The maximum absolute atomic E-state index is 5.17. The van der Waals surface area contributed by atoms with E-state index in [0.717, 1.165) is 18.4 Å². The lowest BCUT2D eigenvalue weighted by Crippen LogP contribution is -2.04. The van der Waals surface area contributed by atoms with Gasteiger partial charge < -0.3 is 4.74 Å². The molecule has 0 aliphatic rings. The molecule has 0 fully saturated rings. The van der Waals surface area contributed by atoms with E-state index in [-0.39, 0.29) is 0 Å². The van der Waals surface area contributed by atoms with Gasteiger partial charge in [-0.05, 0) is 31.6 Å². The molecule has 0 heterocycles. The van der Waals surface area contributed by atoms with Gasteiger partial charge in [-0.15, -0.1) is 0 Å². The van der Waals surface area contributed by atoms with Crippen molar-refractivity contribution >= 4 is 0 Å². The summed E-state index contributed by atoms with van der Waals surface area (Å²) in [6.45, 7) is 11.9. The Morgan fingerprint density at radius 3 is 2.36 bits per heavy atom. The zero-order chi connectivity index (χ0) is 8.69. The van der Waals surface area contributed by atoms with Crippen LogP contribution in [-0.2, 0) is 4.74 Å². The fourth-order valence-corrected chi connectivity index (χ4v) is 1.31. The average Bonchev–Trinajstić information content (AvgIpc) is 1.86. The van der Waals surface area contributed by atoms with E-state index in [0.29, 0.717) is 6.61 Å². The molecule has 0 aromatic heterocycles. The molecule has 0 saturated carbocycles. The second-order valence-electron chi connectivity index (χ2n) is 3.64. The highest BCUT2D eigenvalue weighted by Crippen LogP contribution is 2.13. The van der Waals surface area contributed by atoms with Crippen LogP contribution in [0, 0.1) is 18.8 Å². The zero-order valence-electron chi connectivity index (χ0n) is 8.10. The number of hydrogen-bond donors (Lipinski definition) is 0. The highest BCUT2D eigenvalue weighted by Gasteiger charge is 2.03. The normalized spacial score (nSPS) is 13.9. The van der Waals surface area contributed by atoms with Gasteiger partial charge in [-0.1, -0.05) is 20.8 Å². The molecule has 1 atom stereocenters. The van der Waals surface area contributed by atoms with Crippen molar-refractivity contribution in [3.63, 3.8) is 0 Å². The van der Waals surface area contributed by atoms with Crippen molar-refractivity contribution in [3.8, 4) is 0 Å². The minimum absolute atomic E-state index is 0.606. The van der Waals surface area contributed by atoms with Gasteiger partial charge in [0.05, 0.1) is 0 Å². The SMILES string of the molecule is [CH2]COCCC(C)CC(C)C. The largest absolute Gasteiger partial charge is 0.381 e. The first kappa shape index (κ1) is 11.0. The van der Waals surface area contributed by atoms with Crippen molar-refractivity contribution in [2.24, 2.45) is 11.8 Å². The second-order valence-corrected chi connectivity index (χ2v) is 3.64. The summed E-state index contributed by atoms with van der Waals surface area (Å²) in [5.74, 6) is 1.60. The van der Waals surface area contributed by atoms with Crippen LogP contribution in [0.3, 0.4) is 0 Å². The first-order chi connectivity index (χ1) is 5.16. The number of ether oxygens (including phenoxy) is 1. The first-order valence-corrected chi connectivity index (χ1v) is 4.53. The predicted octanol–water partition coefficient (Wildman–Crippen LogP) is 2.91. The quantitative estimate of drug-likeness (QED) is 0.539. The van der Waals surface area contributed by atoms with Crippen molar-refractivity contribution in [2.75, 3.05) is 13.2 Å². The lowest BCUT2D eigenvalue weighted by Gasteiger charge is -2.12. The minimum Gasteiger partial charge on any atom is -0.381 e. The van der Waals surface area contributed by atoms with E-state index in [1.165, 1.54) is 12.8 Å². The number of rotatable bonds is 6.